The van der Waals surface area contributed by atoms with Crippen LogP contribution >= 0.6 is 0 Å². The molecule has 2 aromatic rings. The van der Waals surface area contributed by atoms with E-state index in [1.165, 1.54) is 11.1 Å². The summed E-state index contributed by atoms with van der Waals surface area (Å²) < 4.78 is 1.84. The molecule has 1 heterocycles. The van der Waals surface area contributed by atoms with Crippen molar-refractivity contribution < 1.29 is 5.11 Å². The van der Waals surface area contributed by atoms with E-state index in [0.717, 1.165) is 0 Å². The predicted molar refractivity (Wildman–Crippen MR) is 56.2 cm³/mol. The van der Waals surface area contributed by atoms with Gasteiger partial charge in [-0.05, 0) is 12.5 Å². The molecule has 1 N–H and O–H groups in total. The predicted octanol–water partition coefficient (Wildman–Crippen LogP) is 1.13. The molecule has 2 rings (SSSR count). The number of benzene rings is 1. The van der Waals surface area contributed by atoms with Gasteiger partial charge in [0.1, 0.15) is 12.9 Å². The molecule has 15 heavy (non-hydrogen) atoms. The maximum Gasteiger partial charge on any atom is 0.158 e. The number of aliphatic hydroxyl groups excluding tert-OH is 1. The number of hydrogen-bond acceptors (Lipinski definition) is 3. The third-order valence-corrected chi connectivity index (χ3v) is 2.27. The summed E-state index contributed by atoms with van der Waals surface area (Å²) in [6.07, 6.45) is 1.63. The smallest absolute Gasteiger partial charge is 0.158 e. The van der Waals surface area contributed by atoms with E-state index in [9.17, 15) is 0 Å². The van der Waals surface area contributed by atoms with Gasteiger partial charge in [0.15, 0.2) is 5.82 Å². The first-order valence-corrected chi connectivity index (χ1v) is 4.82. The standard InChI is InChI=1S/C11H13N3O/c1-9-3-2-4-10(5-9)6-14-8-12-13-11(14)7-15/h2-5,8,15H,6-7H2,1H3. The molecule has 0 aliphatic carbocycles. The fourth-order valence-electron chi connectivity index (χ4n) is 1.54. The average Bonchev–Trinajstić information content (AvgIpc) is 2.65. The zero-order valence-corrected chi connectivity index (χ0v) is 8.59. The van der Waals surface area contributed by atoms with Crippen molar-refractivity contribution in [2.75, 3.05) is 0 Å². The van der Waals surface area contributed by atoms with Crippen LogP contribution < -0.4 is 0 Å². The second kappa shape index (κ2) is 4.23. The number of aryl methyl sites for hydroxylation is 1. The van der Waals surface area contributed by atoms with Crippen molar-refractivity contribution >= 4 is 0 Å². The minimum absolute atomic E-state index is 0.0776. The molecule has 0 amide bonds. The maximum absolute atomic E-state index is 9.02. The van der Waals surface area contributed by atoms with Crippen molar-refractivity contribution in [2.24, 2.45) is 0 Å². The number of hydrogen-bond donors (Lipinski definition) is 1. The Balaban J connectivity index is 2.22. The molecule has 4 nitrogen and oxygen atoms in total. The first kappa shape index (κ1) is 9.86. The van der Waals surface area contributed by atoms with Crippen molar-refractivity contribution in [2.45, 2.75) is 20.1 Å². The van der Waals surface area contributed by atoms with Crippen LogP contribution in [0.15, 0.2) is 30.6 Å². The van der Waals surface area contributed by atoms with Gasteiger partial charge < -0.3 is 9.67 Å². The minimum Gasteiger partial charge on any atom is -0.388 e. The normalized spacial score (nSPS) is 10.5. The van der Waals surface area contributed by atoms with Gasteiger partial charge in [0, 0.05) is 0 Å². The van der Waals surface area contributed by atoms with Crippen molar-refractivity contribution in [1.82, 2.24) is 14.8 Å². The largest absolute Gasteiger partial charge is 0.388 e. The molecule has 0 fully saturated rings. The lowest BCUT2D eigenvalue weighted by molar-refractivity contribution is 0.265. The van der Waals surface area contributed by atoms with Crippen LogP contribution in [0, 0.1) is 6.92 Å². The molecule has 0 unspecified atom stereocenters. The van der Waals surface area contributed by atoms with E-state index >= 15 is 0 Å². The summed E-state index contributed by atoms with van der Waals surface area (Å²) in [6.45, 7) is 2.68. The molecular formula is C11H13N3O. The lowest BCUT2D eigenvalue weighted by atomic mass is 10.1. The van der Waals surface area contributed by atoms with Gasteiger partial charge in [0.25, 0.3) is 0 Å². The molecule has 1 aromatic heterocycles. The van der Waals surface area contributed by atoms with Crippen LogP contribution in [-0.2, 0) is 13.2 Å². The summed E-state index contributed by atoms with van der Waals surface area (Å²) in [5.74, 6) is 0.594. The monoisotopic (exact) mass is 203 g/mol. The molecule has 0 saturated heterocycles. The molecule has 0 aliphatic rings. The van der Waals surface area contributed by atoms with Gasteiger partial charge in [0.05, 0.1) is 6.54 Å². The van der Waals surface area contributed by atoms with Gasteiger partial charge in [-0.2, -0.15) is 0 Å². The van der Waals surface area contributed by atoms with Gasteiger partial charge >= 0.3 is 0 Å². The van der Waals surface area contributed by atoms with E-state index in [-0.39, 0.29) is 6.61 Å². The van der Waals surface area contributed by atoms with Gasteiger partial charge in [-0.25, -0.2) is 0 Å². The van der Waals surface area contributed by atoms with Crippen molar-refractivity contribution in [3.8, 4) is 0 Å². The van der Waals surface area contributed by atoms with Crippen LogP contribution in [0.2, 0.25) is 0 Å². The zero-order valence-electron chi connectivity index (χ0n) is 8.59. The van der Waals surface area contributed by atoms with Gasteiger partial charge in [0.2, 0.25) is 0 Å². The summed E-state index contributed by atoms with van der Waals surface area (Å²) in [5, 5.41) is 16.6. The molecular weight excluding hydrogens is 190 g/mol. The first-order valence-electron chi connectivity index (χ1n) is 4.82. The Morgan fingerprint density at radius 1 is 1.40 bits per heavy atom. The lowest BCUT2D eigenvalue weighted by Gasteiger charge is -2.05. The fraction of sp³-hybridized carbons (Fsp3) is 0.273. The summed E-state index contributed by atoms with van der Waals surface area (Å²) in [7, 11) is 0. The summed E-state index contributed by atoms with van der Waals surface area (Å²) >= 11 is 0. The Hall–Kier alpha value is -1.68. The van der Waals surface area contributed by atoms with Crippen LogP contribution in [0.5, 0.6) is 0 Å². The third kappa shape index (κ3) is 2.22. The van der Waals surface area contributed by atoms with Gasteiger partial charge in [-0.3, -0.25) is 0 Å². The second-order valence-electron chi connectivity index (χ2n) is 3.52. The molecule has 1 aromatic carbocycles. The Bertz CT molecular complexity index is 451. The van der Waals surface area contributed by atoms with E-state index in [2.05, 4.69) is 29.3 Å². The van der Waals surface area contributed by atoms with E-state index in [0.29, 0.717) is 12.4 Å². The molecule has 0 radical (unpaired) electrons. The van der Waals surface area contributed by atoms with E-state index < -0.39 is 0 Å². The van der Waals surface area contributed by atoms with Crippen LogP contribution in [0.1, 0.15) is 17.0 Å². The number of nitrogens with zero attached hydrogens (tertiary/aromatic N) is 3. The number of aliphatic hydroxyl groups is 1. The summed E-state index contributed by atoms with van der Waals surface area (Å²) in [5.41, 5.74) is 2.41. The Morgan fingerprint density at radius 2 is 2.27 bits per heavy atom. The third-order valence-electron chi connectivity index (χ3n) is 2.27. The van der Waals surface area contributed by atoms with Crippen molar-refractivity contribution in [3.05, 3.63) is 47.5 Å². The molecule has 0 saturated carbocycles. The van der Waals surface area contributed by atoms with Gasteiger partial charge in [-0.1, -0.05) is 29.8 Å². The number of aromatic nitrogens is 3. The summed E-state index contributed by atoms with van der Waals surface area (Å²) in [4.78, 5) is 0. The molecule has 4 heteroatoms. The Kier molecular flexibility index (Phi) is 2.78. The molecule has 0 aliphatic heterocycles. The van der Waals surface area contributed by atoms with E-state index in [1.54, 1.807) is 6.33 Å². The highest BCUT2D eigenvalue weighted by Crippen LogP contribution is 2.07. The first-order chi connectivity index (χ1) is 7.29. The molecule has 0 spiro atoms. The van der Waals surface area contributed by atoms with Gasteiger partial charge in [-0.15, -0.1) is 10.2 Å². The summed E-state index contributed by atoms with van der Waals surface area (Å²) in [6, 6.07) is 8.24. The zero-order chi connectivity index (χ0) is 10.7. The highest BCUT2D eigenvalue weighted by Gasteiger charge is 2.02. The van der Waals surface area contributed by atoms with Crippen LogP contribution in [-0.4, -0.2) is 19.9 Å². The van der Waals surface area contributed by atoms with Crippen LogP contribution in [0.25, 0.3) is 0 Å². The topological polar surface area (TPSA) is 50.9 Å². The molecule has 0 atom stereocenters. The van der Waals surface area contributed by atoms with Crippen LogP contribution in [0.3, 0.4) is 0 Å². The van der Waals surface area contributed by atoms with Crippen LogP contribution in [0.4, 0.5) is 0 Å². The number of rotatable bonds is 3. The highest BCUT2D eigenvalue weighted by atomic mass is 16.3. The Morgan fingerprint density at radius 3 is 3.00 bits per heavy atom. The van der Waals surface area contributed by atoms with Crippen molar-refractivity contribution in [1.29, 1.82) is 0 Å². The SMILES string of the molecule is Cc1cccc(Cn2cnnc2CO)c1. The van der Waals surface area contributed by atoms with E-state index in [1.807, 2.05) is 16.7 Å². The van der Waals surface area contributed by atoms with Crippen molar-refractivity contribution in [3.63, 3.8) is 0 Å². The lowest BCUT2D eigenvalue weighted by Crippen LogP contribution is -2.04. The van der Waals surface area contributed by atoms with E-state index in [4.69, 9.17) is 5.11 Å². The minimum atomic E-state index is -0.0776. The Labute approximate surface area is 88.2 Å². The molecule has 78 valence electrons. The second-order valence-corrected chi connectivity index (χ2v) is 3.52. The average molecular weight is 203 g/mol. The quantitative estimate of drug-likeness (QED) is 0.813. The fourth-order valence-corrected chi connectivity index (χ4v) is 1.54. The highest BCUT2D eigenvalue weighted by molar-refractivity contribution is 5.22. The maximum atomic E-state index is 9.02. The molecule has 0 bridgehead atoms.